The van der Waals surface area contributed by atoms with Gasteiger partial charge in [-0.05, 0) is 111 Å². The quantitative estimate of drug-likeness (QED) is 0.149. The van der Waals surface area contributed by atoms with Gasteiger partial charge in [-0.1, -0.05) is 20.8 Å². The smallest absolute Gasteiger partial charge is 0.187 e. The molecule has 4 aliphatic carbocycles. The molecule has 13 nitrogen and oxygen atoms in total. The maximum absolute atomic E-state index is 11.1. The van der Waals surface area contributed by atoms with E-state index in [-0.39, 0.29) is 35.6 Å². The highest BCUT2D eigenvalue weighted by Gasteiger charge is 2.65. The molecule has 3 heterocycles. The van der Waals surface area contributed by atoms with Crippen molar-refractivity contribution in [2.24, 2.45) is 46.3 Å². The third-order valence-corrected chi connectivity index (χ3v) is 15.3. The maximum Gasteiger partial charge on any atom is 0.187 e. The van der Waals surface area contributed by atoms with E-state index in [9.17, 15) is 40.9 Å². The summed E-state index contributed by atoms with van der Waals surface area (Å²) in [5.74, 6) is 4.23. The second-order valence-electron chi connectivity index (χ2n) is 18.0. The minimum absolute atomic E-state index is 0.155. The van der Waals surface area contributed by atoms with Crippen LogP contribution in [0, 0.1) is 46.3 Å². The molecule has 298 valence electrons. The summed E-state index contributed by atoms with van der Waals surface area (Å²) in [4.78, 5) is 0. The zero-order chi connectivity index (χ0) is 37.3. The third-order valence-electron chi connectivity index (χ3n) is 15.3. The molecule has 7 rings (SSSR count). The van der Waals surface area contributed by atoms with E-state index < -0.39 is 74.6 Å². The van der Waals surface area contributed by atoms with E-state index in [4.69, 9.17) is 23.7 Å². The van der Waals surface area contributed by atoms with Gasteiger partial charge in [0.2, 0.25) is 0 Å². The van der Waals surface area contributed by atoms with Crippen LogP contribution in [-0.4, -0.2) is 134 Å². The lowest BCUT2D eigenvalue weighted by Crippen LogP contribution is -2.65. The minimum Gasteiger partial charge on any atom is -0.494 e. The first kappa shape index (κ1) is 39.3. The van der Waals surface area contributed by atoms with Crippen molar-refractivity contribution in [3.05, 3.63) is 11.3 Å². The Morgan fingerprint density at radius 3 is 2.12 bits per heavy atom. The van der Waals surface area contributed by atoms with Crippen LogP contribution in [0.3, 0.4) is 0 Å². The Hall–Kier alpha value is -0.940. The highest BCUT2D eigenvalue weighted by atomic mass is 16.8. The van der Waals surface area contributed by atoms with Gasteiger partial charge in [0, 0.05) is 18.9 Å². The SMILES string of the molecule is CC1=C(CCC(C)CO)O[C@H]2C[C@H]3[C@@H]4CC[C@@H]5C[C@@H](O[C@@H]6O[C@H](CO)[C@H](O)[C@H](O)[C@H]6O[C@@H]6O[C@H](CO)[C@@H](O)[C@H](O)[C@H]6O)CC[C@]5(C)[C@H]4CC[C@]3(C)[C@@H]12. The van der Waals surface area contributed by atoms with E-state index in [1.54, 1.807) is 0 Å². The van der Waals surface area contributed by atoms with Crippen LogP contribution in [0.4, 0.5) is 0 Å². The zero-order valence-corrected chi connectivity index (χ0v) is 31.2. The largest absolute Gasteiger partial charge is 0.494 e. The Bertz CT molecular complexity index is 1280. The number of hydrogen-bond donors (Lipinski definition) is 8. The number of hydrogen-bond acceptors (Lipinski definition) is 13. The molecule has 4 saturated carbocycles. The van der Waals surface area contributed by atoms with E-state index in [0.717, 1.165) is 44.9 Å². The molecular weight excluding hydrogens is 676 g/mol. The molecular formula is C39H64O13. The molecule has 0 amide bonds. The molecule has 52 heavy (non-hydrogen) atoms. The second kappa shape index (κ2) is 15.2. The Morgan fingerprint density at radius 2 is 1.42 bits per heavy atom. The van der Waals surface area contributed by atoms with Crippen LogP contribution < -0.4 is 0 Å². The van der Waals surface area contributed by atoms with Crippen molar-refractivity contribution in [1.82, 2.24) is 0 Å². The van der Waals surface area contributed by atoms with E-state index in [1.165, 1.54) is 30.6 Å². The molecule has 7 aliphatic rings. The van der Waals surface area contributed by atoms with Crippen LogP contribution in [-0.2, 0) is 23.7 Å². The number of aliphatic hydroxyl groups excluding tert-OH is 8. The molecule has 0 radical (unpaired) electrons. The fraction of sp³-hybridized carbons (Fsp3) is 0.949. The molecule has 6 fully saturated rings. The average molecular weight is 741 g/mol. The highest BCUT2D eigenvalue weighted by Crippen LogP contribution is 2.70. The average Bonchev–Trinajstić information content (AvgIpc) is 3.62. The monoisotopic (exact) mass is 740 g/mol. The molecule has 13 heteroatoms. The second-order valence-corrected chi connectivity index (χ2v) is 18.0. The van der Waals surface area contributed by atoms with Gasteiger partial charge in [0.1, 0.15) is 54.9 Å². The van der Waals surface area contributed by atoms with Crippen molar-refractivity contribution in [3.8, 4) is 0 Å². The Labute approximate surface area is 307 Å². The van der Waals surface area contributed by atoms with Crippen LogP contribution >= 0.6 is 0 Å². The molecule has 8 N–H and O–H groups in total. The van der Waals surface area contributed by atoms with Gasteiger partial charge in [0.25, 0.3) is 0 Å². The molecule has 0 aromatic carbocycles. The summed E-state index contributed by atoms with van der Waals surface area (Å²) in [5.41, 5.74) is 1.82. The highest BCUT2D eigenvalue weighted by molar-refractivity contribution is 5.26. The van der Waals surface area contributed by atoms with Crippen LogP contribution in [0.15, 0.2) is 11.3 Å². The molecule has 3 aliphatic heterocycles. The lowest BCUT2D eigenvalue weighted by Gasteiger charge is -2.61. The standard InChI is InChI=1S/C39H64O13/c1-18(15-40)5-8-25-19(2)29-26(49-25)14-24-22-7-6-20-13-21(9-11-38(20,3)23(22)10-12-39(24,29)4)48-37-35(33(46)31(44)28(17-42)51-37)52-36-34(47)32(45)30(43)27(16-41)50-36/h18,20-24,26-37,40-47H,5-17H2,1-4H3/t18?,20-,21+,22-,23+,24+,26+,27-,28-,29+,30-,31+,32+,33+,34-,35-,36+,37-,38+,39+/m1/s1. The van der Waals surface area contributed by atoms with Gasteiger partial charge in [0.05, 0.1) is 25.1 Å². The summed E-state index contributed by atoms with van der Waals surface area (Å²) >= 11 is 0. The number of rotatable bonds is 10. The van der Waals surface area contributed by atoms with Gasteiger partial charge in [-0.3, -0.25) is 0 Å². The summed E-state index contributed by atoms with van der Waals surface area (Å²) < 4.78 is 30.7. The lowest BCUT2D eigenvalue weighted by molar-refractivity contribution is -0.373. The number of fused-ring (bicyclic) bond motifs is 7. The van der Waals surface area contributed by atoms with Crippen LogP contribution in [0.5, 0.6) is 0 Å². The number of aliphatic hydroxyl groups is 8. The molecule has 0 spiro atoms. The van der Waals surface area contributed by atoms with Crippen LogP contribution in [0.1, 0.15) is 91.9 Å². The van der Waals surface area contributed by atoms with Crippen molar-refractivity contribution in [1.29, 1.82) is 0 Å². The van der Waals surface area contributed by atoms with Gasteiger partial charge in [-0.2, -0.15) is 0 Å². The predicted molar refractivity (Wildman–Crippen MR) is 185 cm³/mol. The topological polar surface area (TPSA) is 208 Å². The molecule has 20 atom stereocenters. The lowest BCUT2D eigenvalue weighted by atomic mass is 9.44. The van der Waals surface area contributed by atoms with E-state index >= 15 is 0 Å². The fourth-order valence-corrected chi connectivity index (χ4v) is 12.2. The number of ether oxygens (including phenoxy) is 5. The van der Waals surface area contributed by atoms with Crippen molar-refractivity contribution < 1.29 is 64.5 Å². The summed E-state index contributed by atoms with van der Waals surface area (Å²) in [6.45, 7) is 8.39. The van der Waals surface area contributed by atoms with Crippen LogP contribution in [0.25, 0.3) is 0 Å². The van der Waals surface area contributed by atoms with Crippen LogP contribution in [0.2, 0.25) is 0 Å². The maximum atomic E-state index is 11.1. The van der Waals surface area contributed by atoms with E-state index in [2.05, 4.69) is 27.7 Å². The normalized spacial score (nSPS) is 52.3. The predicted octanol–water partition coefficient (Wildman–Crippen LogP) is 1.35. The van der Waals surface area contributed by atoms with Crippen molar-refractivity contribution >= 4 is 0 Å². The third kappa shape index (κ3) is 6.60. The number of allylic oxidation sites excluding steroid dienone is 1. The van der Waals surface area contributed by atoms with Crippen molar-refractivity contribution in [2.45, 2.75) is 166 Å². The molecule has 0 aromatic rings. The zero-order valence-electron chi connectivity index (χ0n) is 31.2. The van der Waals surface area contributed by atoms with E-state index in [1.807, 2.05) is 0 Å². The fourth-order valence-electron chi connectivity index (χ4n) is 12.2. The molecule has 0 bridgehead atoms. The summed E-state index contributed by atoms with van der Waals surface area (Å²) in [6, 6.07) is 0. The molecule has 0 aromatic heterocycles. The minimum atomic E-state index is -1.71. The van der Waals surface area contributed by atoms with Crippen molar-refractivity contribution in [2.75, 3.05) is 19.8 Å². The summed E-state index contributed by atoms with van der Waals surface area (Å²) in [5, 5.41) is 82.1. The van der Waals surface area contributed by atoms with Gasteiger partial charge in [-0.15, -0.1) is 0 Å². The molecule has 2 saturated heterocycles. The van der Waals surface area contributed by atoms with Gasteiger partial charge < -0.3 is 64.5 Å². The first-order valence-electron chi connectivity index (χ1n) is 20.0. The molecule has 1 unspecified atom stereocenters. The Balaban J connectivity index is 1.02. The Kier molecular flexibility index (Phi) is 11.5. The van der Waals surface area contributed by atoms with Gasteiger partial charge >= 0.3 is 0 Å². The first-order valence-corrected chi connectivity index (χ1v) is 20.0. The summed E-state index contributed by atoms with van der Waals surface area (Å²) in [7, 11) is 0. The van der Waals surface area contributed by atoms with Gasteiger partial charge in [0.15, 0.2) is 12.6 Å². The summed E-state index contributed by atoms with van der Waals surface area (Å²) in [6.07, 6.45) is -4.43. The first-order chi connectivity index (χ1) is 24.7. The van der Waals surface area contributed by atoms with Gasteiger partial charge in [-0.25, -0.2) is 0 Å². The Morgan fingerprint density at radius 1 is 0.750 bits per heavy atom. The van der Waals surface area contributed by atoms with E-state index in [0.29, 0.717) is 29.6 Å². The van der Waals surface area contributed by atoms with Crippen molar-refractivity contribution in [3.63, 3.8) is 0 Å².